The minimum atomic E-state index is -0.233. The Morgan fingerprint density at radius 3 is 2.67 bits per heavy atom. The van der Waals surface area contributed by atoms with E-state index < -0.39 is 0 Å². The van der Waals surface area contributed by atoms with Gasteiger partial charge in [-0.2, -0.15) is 0 Å². The molecule has 2 aromatic carbocycles. The van der Waals surface area contributed by atoms with Crippen LogP contribution in [0.25, 0.3) is 17.0 Å². The molecule has 0 aliphatic heterocycles. The number of amides is 1. The predicted molar refractivity (Wildman–Crippen MR) is 106 cm³/mol. The van der Waals surface area contributed by atoms with Crippen molar-refractivity contribution in [1.29, 1.82) is 0 Å². The molecule has 138 valence electrons. The third kappa shape index (κ3) is 5.38. The van der Waals surface area contributed by atoms with Crippen LogP contribution >= 0.6 is 0 Å². The molecule has 0 aliphatic carbocycles. The molecule has 0 saturated carbocycles. The van der Waals surface area contributed by atoms with Crippen molar-refractivity contribution in [3.8, 4) is 0 Å². The average molecular weight is 364 g/mol. The van der Waals surface area contributed by atoms with Crippen LogP contribution in [-0.2, 0) is 11.2 Å². The first-order valence-electron chi connectivity index (χ1n) is 8.94. The first-order chi connectivity index (χ1) is 13.1. The molecule has 1 aromatic heterocycles. The fourth-order valence-electron chi connectivity index (χ4n) is 2.83. The van der Waals surface area contributed by atoms with E-state index in [2.05, 4.69) is 10.3 Å². The number of benzene rings is 2. The monoisotopic (exact) mass is 364 g/mol. The van der Waals surface area contributed by atoms with Crippen LogP contribution in [0.1, 0.15) is 24.0 Å². The minimum absolute atomic E-state index is 0.225. The molecule has 0 fully saturated rings. The summed E-state index contributed by atoms with van der Waals surface area (Å²) in [6.07, 6.45) is 5.48. The summed E-state index contributed by atoms with van der Waals surface area (Å²) < 4.78 is 12.8. The van der Waals surface area contributed by atoms with Crippen LogP contribution in [0.5, 0.6) is 0 Å². The van der Waals surface area contributed by atoms with E-state index in [9.17, 15) is 14.0 Å². The summed E-state index contributed by atoms with van der Waals surface area (Å²) in [5.74, 6) is -0.465. The van der Waals surface area contributed by atoms with Crippen LogP contribution in [0.15, 0.2) is 65.5 Å². The number of aromatic amines is 1. The number of hydrogen-bond acceptors (Lipinski definition) is 2. The van der Waals surface area contributed by atoms with Gasteiger partial charge in [0.2, 0.25) is 5.91 Å². The highest BCUT2D eigenvalue weighted by Crippen LogP contribution is 2.11. The zero-order valence-electron chi connectivity index (χ0n) is 14.9. The summed E-state index contributed by atoms with van der Waals surface area (Å²) in [6, 6.07) is 15.7. The lowest BCUT2D eigenvalue weighted by atomic mass is 10.1. The van der Waals surface area contributed by atoms with Gasteiger partial charge in [0, 0.05) is 23.7 Å². The van der Waals surface area contributed by atoms with Gasteiger partial charge in [0.05, 0.1) is 0 Å². The highest BCUT2D eigenvalue weighted by Gasteiger charge is 2.01. The summed E-state index contributed by atoms with van der Waals surface area (Å²) in [5, 5.41) is 3.72. The third-order valence-corrected chi connectivity index (χ3v) is 4.30. The van der Waals surface area contributed by atoms with Crippen molar-refractivity contribution in [2.24, 2.45) is 0 Å². The lowest BCUT2D eigenvalue weighted by Crippen LogP contribution is -2.22. The highest BCUT2D eigenvalue weighted by atomic mass is 19.1. The van der Waals surface area contributed by atoms with E-state index in [0.717, 1.165) is 35.7 Å². The van der Waals surface area contributed by atoms with Gasteiger partial charge in [-0.15, -0.1) is 0 Å². The molecule has 3 aromatic rings. The largest absolute Gasteiger partial charge is 0.353 e. The molecule has 0 radical (unpaired) electrons. The van der Waals surface area contributed by atoms with Crippen molar-refractivity contribution in [3.05, 3.63) is 88.0 Å². The predicted octanol–water partition coefficient (Wildman–Crippen LogP) is 3.82. The Hall–Kier alpha value is -3.21. The van der Waals surface area contributed by atoms with Crippen molar-refractivity contribution in [2.45, 2.75) is 19.3 Å². The van der Waals surface area contributed by atoms with E-state index in [4.69, 9.17) is 0 Å². The van der Waals surface area contributed by atoms with Crippen molar-refractivity contribution < 1.29 is 9.18 Å². The number of rotatable bonds is 7. The van der Waals surface area contributed by atoms with Crippen LogP contribution in [0, 0.1) is 5.82 Å². The Labute approximate surface area is 156 Å². The van der Waals surface area contributed by atoms with Crippen LogP contribution < -0.4 is 10.9 Å². The maximum atomic E-state index is 12.8. The molecule has 5 heteroatoms. The van der Waals surface area contributed by atoms with Crippen molar-refractivity contribution in [2.75, 3.05) is 6.54 Å². The number of fused-ring (bicyclic) bond motifs is 1. The number of unbranched alkanes of at least 4 members (excludes halogenated alkanes) is 1. The van der Waals surface area contributed by atoms with Crippen LogP contribution in [0.2, 0.25) is 0 Å². The molecule has 3 rings (SSSR count). The zero-order chi connectivity index (χ0) is 19.1. The van der Waals surface area contributed by atoms with E-state index in [1.807, 2.05) is 24.3 Å². The molecule has 4 nitrogen and oxygen atoms in total. The van der Waals surface area contributed by atoms with E-state index in [1.165, 1.54) is 24.3 Å². The Morgan fingerprint density at radius 1 is 1.07 bits per heavy atom. The summed E-state index contributed by atoms with van der Waals surface area (Å²) in [6.45, 7) is 0.554. The third-order valence-electron chi connectivity index (χ3n) is 4.30. The summed E-state index contributed by atoms with van der Waals surface area (Å²) in [4.78, 5) is 26.7. The molecule has 0 unspecified atom stereocenters. The molecule has 0 spiro atoms. The molecule has 2 N–H and O–H groups in total. The Bertz CT molecular complexity index is 1010. The summed E-state index contributed by atoms with van der Waals surface area (Å²) in [5.41, 5.74) is 2.07. The smallest absolute Gasteiger partial charge is 0.255 e. The summed E-state index contributed by atoms with van der Waals surface area (Å²) >= 11 is 0. The van der Waals surface area contributed by atoms with Crippen molar-refractivity contribution in [1.82, 2.24) is 10.3 Å². The number of hydrogen-bond donors (Lipinski definition) is 2. The normalized spacial score (nSPS) is 11.1. The zero-order valence-corrected chi connectivity index (χ0v) is 14.9. The van der Waals surface area contributed by atoms with E-state index in [0.29, 0.717) is 12.1 Å². The Kier molecular flexibility index (Phi) is 6.15. The lowest BCUT2D eigenvalue weighted by molar-refractivity contribution is -0.116. The number of nitrogens with one attached hydrogen (secondary N) is 2. The first kappa shape index (κ1) is 18.6. The first-order valence-corrected chi connectivity index (χ1v) is 8.94. The van der Waals surface area contributed by atoms with Gasteiger partial charge in [-0.25, -0.2) is 4.39 Å². The number of carbonyl (C=O) groups excluding carboxylic acids is 1. The number of pyridine rings is 1. The van der Waals surface area contributed by atoms with E-state index in [-0.39, 0.29) is 17.3 Å². The van der Waals surface area contributed by atoms with Gasteiger partial charge in [-0.1, -0.05) is 30.3 Å². The Balaban J connectivity index is 1.45. The van der Waals surface area contributed by atoms with Crippen LogP contribution in [-0.4, -0.2) is 17.4 Å². The quantitative estimate of drug-likeness (QED) is 0.495. The van der Waals surface area contributed by atoms with Gasteiger partial charge in [-0.05, 0) is 60.6 Å². The molecule has 1 amide bonds. The second-order valence-corrected chi connectivity index (χ2v) is 6.35. The molecule has 27 heavy (non-hydrogen) atoms. The lowest BCUT2D eigenvalue weighted by Gasteiger charge is -2.03. The molecule has 1 heterocycles. The maximum Gasteiger partial charge on any atom is 0.255 e. The molecular formula is C22H21FN2O2. The average Bonchev–Trinajstić information content (AvgIpc) is 2.67. The molecule has 0 atom stereocenters. The maximum absolute atomic E-state index is 12.8. The minimum Gasteiger partial charge on any atom is -0.353 e. The van der Waals surface area contributed by atoms with Gasteiger partial charge in [0.25, 0.3) is 5.56 Å². The molecular weight excluding hydrogens is 343 g/mol. The number of H-pyrrole nitrogens is 1. The number of aryl methyl sites for hydroxylation is 1. The second kappa shape index (κ2) is 8.94. The van der Waals surface area contributed by atoms with Crippen molar-refractivity contribution >= 4 is 22.9 Å². The van der Waals surface area contributed by atoms with Crippen LogP contribution in [0.4, 0.5) is 4.39 Å². The SMILES string of the molecule is O=C(/C=C/c1cc2ccccc2[nH]c1=O)NCCCCc1ccc(F)cc1. The number of para-hydroxylation sites is 1. The topological polar surface area (TPSA) is 62.0 Å². The fraction of sp³-hybridized carbons (Fsp3) is 0.182. The Morgan fingerprint density at radius 2 is 1.85 bits per heavy atom. The number of carbonyl (C=O) groups is 1. The van der Waals surface area contributed by atoms with Crippen LogP contribution in [0.3, 0.4) is 0 Å². The molecule has 0 aliphatic rings. The summed E-state index contributed by atoms with van der Waals surface area (Å²) in [7, 11) is 0. The van der Waals surface area contributed by atoms with E-state index >= 15 is 0 Å². The van der Waals surface area contributed by atoms with Crippen molar-refractivity contribution in [3.63, 3.8) is 0 Å². The van der Waals surface area contributed by atoms with Gasteiger partial charge < -0.3 is 10.3 Å². The van der Waals surface area contributed by atoms with Gasteiger partial charge >= 0.3 is 0 Å². The highest BCUT2D eigenvalue weighted by molar-refractivity contribution is 5.92. The standard InChI is InChI=1S/C22H21FN2O2/c23-19-11-8-16(9-12-19)5-3-4-14-24-21(26)13-10-18-15-17-6-1-2-7-20(17)25-22(18)27/h1-2,6-13,15H,3-5,14H2,(H,24,26)(H,25,27)/b13-10+. The molecule has 0 saturated heterocycles. The van der Waals surface area contributed by atoms with Gasteiger partial charge in [0.1, 0.15) is 5.82 Å². The van der Waals surface area contributed by atoms with E-state index in [1.54, 1.807) is 18.2 Å². The molecule has 0 bridgehead atoms. The number of halogens is 1. The van der Waals surface area contributed by atoms with Gasteiger partial charge in [0.15, 0.2) is 0 Å². The van der Waals surface area contributed by atoms with Gasteiger partial charge in [-0.3, -0.25) is 9.59 Å². The number of aromatic nitrogens is 1. The fourth-order valence-corrected chi connectivity index (χ4v) is 2.83. The second-order valence-electron chi connectivity index (χ2n) is 6.35.